The second-order valence-corrected chi connectivity index (χ2v) is 4.96. The van der Waals surface area contributed by atoms with Crippen molar-refractivity contribution < 1.29 is 28.1 Å². The largest absolute Gasteiger partial charge is 0.415 e. The van der Waals surface area contributed by atoms with Crippen LogP contribution in [0.3, 0.4) is 0 Å². The highest BCUT2D eigenvalue weighted by molar-refractivity contribution is 4.70. The Balaban J connectivity index is 2.05. The van der Waals surface area contributed by atoms with Crippen LogP contribution in [0.2, 0.25) is 0 Å². The number of aliphatic hydroxyl groups is 2. The van der Waals surface area contributed by atoms with E-state index in [0.29, 0.717) is 0 Å². The van der Waals surface area contributed by atoms with E-state index < -0.39 is 24.9 Å². The van der Waals surface area contributed by atoms with Gasteiger partial charge in [-0.15, -0.1) is 0 Å². The molecule has 2 atom stereocenters. The van der Waals surface area contributed by atoms with Crippen LogP contribution in [0.1, 0.15) is 32.1 Å². The van der Waals surface area contributed by atoms with E-state index in [1.54, 1.807) is 0 Å². The molecule has 0 spiro atoms. The van der Waals surface area contributed by atoms with Crippen molar-refractivity contribution in [3.05, 3.63) is 0 Å². The summed E-state index contributed by atoms with van der Waals surface area (Å²) in [6.07, 6.45) is -2.32. The van der Waals surface area contributed by atoms with Gasteiger partial charge < -0.3 is 20.3 Å². The average Bonchev–Trinajstić information content (AvgIpc) is 2.36. The van der Waals surface area contributed by atoms with E-state index in [1.165, 1.54) is 6.42 Å². The maximum Gasteiger partial charge on any atom is 0.415 e. The van der Waals surface area contributed by atoms with Crippen molar-refractivity contribution in [2.24, 2.45) is 0 Å². The van der Waals surface area contributed by atoms with Crippen molar-refractivity contribution in [1.29, 1.82) is 0 Å². The molecule has 1 rings (SSSR count). The minimum Gasteiger partial charge on any atom is -0.389 e. The summed E-state index contributed by atoms with van der Waals surface area (Å²) < 4.78 is 41.5. The van der Waals surface area contributed by atoms with Gasteiger partial charge in [-0.3, -0.25) is 0 Å². The molecule has 7 heteroatoms. The fourth-order valence-corrected chi connectivity index (χ4v) is 2.04. The number of rotatable bonds is 7. The van der Waals surface area contributed by atoms with Crippen LogP contribution >= 0.6 is 0 Å². The lowest BCUT2D eigenvalue weighted by molar-refractivity contribution is -0.202. The van der Waals surface area contributed by atoms with E-state index >= 15 is 0 Å². The third-order valence-electron chi connectivity index (χ3n) is 3.17. The maximum atomic E-state index is 12.0. The Bertz CT molecular complexity index is 245. The van der Waals surface area contributed by atoms with Gasteiger partial charge >= 0.3 is 6.18 Å². The highest BCUT2D eigenvalue weighted by atomic mass is 19.4. The van der Waals surface area contributed by atoms with Gasteiger partial charge in [0, 0.05) is 13.1 Å². The third kappa shape index (κ3) is 7.10. The number of halogens is 3. The summed E-state index contributed by atoms with van der Waals surface area (Å²) in [5.74, 6) is 0. The molecule has 1 fully saturated rings. The van der Waals surface area contributed by atoms with E-state index in [0.717, 1.165) is 25.7 Å². The van der Waals surface area contributed by atoms with E-state index in [-0.39, 0.29) is 19.3 Å². The molecule has 0 aliphatic heterocycles. The molecule has 3 N–H and O–H groups in total. The predicted octanol–water partition coefficient (Wildman–Crippen LogP) is 1.21. The first-order chi connectivity index (χ1) is 8.89. The number of hydrogen-bond acceptors (Lipinski definition) is 4. The molecule has 114 valence electrons. The Morgan fingerprint density at radius 2 is 1.74 bits per heavy atom. The van der Waals surface area contributed by atoms with Crippen LogP contribution in [0.4, 0.5) is 13.2 Å². The fraction of sp³-hybridized carbons (Fsp3) is 1.00. The van der Waals surface area contributed by atoms with Gasteiger partial charge in [0.2, 0.25) is 0 Å². The highest BCUT2D eigenvalue weighted by Gasteiger charge is 2.37. The molecule has 1 aliphatic rings. The standard InChI is InChI=1S/C12H22F3NO3/c13-12(14,15)11(18)7-16-6-9(17)8-19-10-4-2-1-3-5-10/h9-11,16-18H,1-8H2. The minimum atomic E-state index is -4.63. The van der Waals surface area contributed by atoms with Crippen molar-refractivity contribution >= 4 is 0 Å². The van der Waals surface area contributed by atoms with Crippen LogP contribution in [0, 0.1) is 0 Å². The Labute approximate surface area is 110 Å². The molecule has 0 saturated heterocycles. The quantitative estimate of drug-likeness (QED) is 0.658. The molecule has 0 radical (unpaired) electrons. The SMILES string of the molecule is OC(CNCC(O)C(F)(F)F)COC1CCCCC1. The fourth-order valence-electron chi connectivity index (χ4n) is 2.04. The van der Waals surface area contributed by atoms with Gasteiger partial charge in [0.15, 0.2) is 6.10 Å². The van der Waals surface area contributed by atoms with Gasteiger partial charge in [0.25, 0.3) is 0 Å². The molecule has 1 saturated carbocycles. The zero-order valence-electron chi connectivity index (χ0n) is 10.8. The third-order valence-corrected chi connectivity index (χ3v) is 3.17. The van der Waals surface area contributed by atoms with Crippen molar-refractivity contribution in [2.45, 2.75) is 56.6 Å². The van der Waals surface area contributed by atoms with Crippen LogP contribution in [-0.2, 0) is 4.74 Å². The second kappa shape index (κ2) is 8.04. The van der Waals surface area contributed by atoms with Crippen LogP contribution < -0.4 is 5.32 Å². The first kappa shape index (κ1) is 16.7. The van der Waals surface area contributed by atoms with E-state index in [1.807, 2.05) is 0 Å². The summed E-state index contributed by atoms with van der Waals surface area (Å²) in [6, 6.07) is 0. The van der Waals surface area contributed by atoms with Crippen LogP contribution in [0.5, 0.6) is 0 Å². The molecule has 4 nitrogen and oxygen atoms in total. The predicted molar refractivity (Wildman–Crippen MR) is 63.8 cm³/mol. The number of aliphatic hydroxyl groups excluding tert-OH is 2. The van der Waals surface area contributed by atoms with E-state index in [4.69, 9.17) is 9.84 Å². The molecule has 1 aliphatic carbocycles. The first-order valence-corrected chi connectivity index (χ1v) is 6.64. The normalized spacial score (nSPS) is 21.3. The average molecular weight is 285 g/mol. The van der Waals surface area contributed by atoms with Gasteiger partial charge in [-0.25, -0.2) is 0 Å². The number of alkyl halides is 3. The smallest absolute Gasteiger partial charge is 0.389 e. The van der Waals surface area contributed by atoms with Gasteiger partial charge in [-0.1, -0.05) is 19.3 Å². The zero-order valence-corrected chi connectivity index (χ0v) is 10.8. The molecule has 2 unspecified atom stereocenters. The summed E-state index contributed by atoms with van der Waals surface area (Å²) >= 11 is 0. The van der Waals surface area contributed by atoms with E-state index in [2.05, 4.69) is 5.32 Å². The Hall–Kier alpha value is -0.370. The van der Waals surface area contributed by atoms with Gasteiger partial charge in [-0.2, -0.15) is 13.2 Å². The number of ether oxygens (including phenoxy) is 1. The topological polar surface area (TPSA) is 61.7 Å². The van der Waals surface area contributed by atoms with Crippen molar-refractivity contribution in [3.63, 3.8) is 0 Å². The summed E-state index contributed by atoms with van der Waals surface area (Å²) in [5, 5.41) is 20.7. The first-order valence-electron chi connectivity index (χ1n) is 6.64. The molecule has 19 heavy (non-hydrogen) atoms. The highest BCUT2D eigenvalue weighted by Crippen LogP contribution is 2.20. The molecular weight excluding hydrogens is 263 g/mol. The molecule has 0 aromatic heterocycles. The van der Waals surface area contributed by atoms with E-state index in [9.17, 15) is 18.3 Å². The summed E-state index contributed by atoms with van der Waals surface area (Å²) in [4.78, 5) is 0. The lowest BCUT2D eigenvalue weighted by atomic mass is 9.98. The molecule has 0 bridgehead atoms. The van der Waals surface area contributed by atoms with Crippen molar-refractivity contribution in [1.82, 2.24) is 5.32 Å². The molecule has 0 heterocycles. The monoisotopic (exact) mass is 285 g/mol. The Morgan fingerprint density at radius 3 is 2.32 bits per heavy atom. The molecule has 0 aromatic carbocycles. The minimum absolute atomic E-state index is 0.0279. The van der Waals surface area contributed by atoms with Crippen LogP contribution in [0.25, 0.3) is 0 Å². The van der Waals surface area contributed by atoms with Gasteiger partial charge in [-0.05, 0) is 12.8 Å². The Morgan fingerprint density at radius 1 is 1.11 bits per heavy atom. The van der Waals surface area contributed by atoms with Crippen molar-refractivity contribution in [3.8, 4) is 0 Å². The van der Waals surface area contributed by atoms with Crippen LogP contribution in [0.15, 0.2) is 0 Å². The van der Waals surface area contributed by atoms with Crippen LogP contribution in [-0.4, -0.2) is 54.4 Å². The molecular formula is C12H22F3NO3. The lowest BCUT2D eigenvalue weighted by Gasteiger charge is -2.23. The van der Waals surface area contributed by atoms with Crippen molar-refractivity contribution in [2.75, 3.05) is 19.7 Å². The number of hydrogen-bond donors (Lipinski definition) is 3. The molecule has 0 amide bonds. The Kier molecular flexibility index (Phi) is 7.06. The summed E-state index contributed by atoms with van der Waals surface area (Å²) in [7, 11) is 0. The summed E-state index contributed by atoms with van der Waals surface area (Å²) in [6.45, 7) is -0.538. The van der Waals surface area contributed by atoms with Gasteiger partial charge in [0.05, 0.1) is 18.8 Å². The second-order valence-electron chi connectivity index (χ2n) is 4.96. The molecule has 0 aromatic rings. The van der Waals surface area contributed by atoms with Gasteiger partial charge in [0.1, 0.15) is 0 Å². The number of nitrogens with one attached hydrogen (secondary N) is 1. The lowest BCUT2D eigenvalue weighted by Crippen LogP contribution is -2.41. The summed E-state index contributed by atoms with van der Waals surface area (Å²) in [5.41, 5.74) is 0. The maximum absolute atomic E-state index is 12.0. The zero-order chi connectivity index (χ0) is 14.3.